The number of rotatable bonds is 3. The molecule has 0 aromatic heterocycles. The minimum atomic E-state index is -1.08. The quantitative estimate of drug-likeness (QED) is 0.333. The maximum Gasteiger partial charge on any atom is 0.336 e. The highest BCUT2D eigenvalue weighted by molar-refractivity contribution is 14.1. The van der Waals surface area contributed by atoms with Crippen molar-refractivity contribution in [3.63, 3.8) is 0 Å². The molecule has 1 aromatic rings. The molecule has 1 atom stereocenters. The van der Waals surface area contributed by atoms with Crippen LogP contribution in [-0.4, -0.2) is 21.0 Å². The van der Waals surface area contributed by atoms with Crippen molar-refractivity contribution in [2.75, 3.05) is 5.73 Å². The summed E-state index contributed by atoms with van der Waals surface area (Å²) in [6.45, 7) is 0. The van der Waals surface area contributed by atoms with E-state index in [1.807, 2.05) is 0 Å². The van der Waals surface area contributed by atoms with E-state index in [1.165, 1.54) is 12.1 Å². The Bertz CT molecular complexity index is 377. The predicted molar refractivity (Wildman–Crippen MR) is 63.8 cm³/mol. The summed E-state index contributed by atoms with van der Waals surface area (Å²) < 4.78 is -0.937. The molecule has 1 aromatic carbocycles. The first-order chi connectivity index (χ1) is 7.00. The van der Waals surface area contributed by atoms with E-state index in [2.05, 4.69) is 5.32 Å². The standard InChI is InChI=1S/C9H9IN2O3/c10-7(9(14)15)12-8(13)5-1-3-6(11)4-2-5/h1-4,7H,11H2,(H,12,13)(H,14,15). The van der Waals surface area contributed by atoms with Crippen LogP contribution in [0, 0.1) is 0 Å². The van der Waals surface area contributed by atoms with Crippen LogP contribution >= 0.6 is 22.6 Å². The molecule has 1 amide bonds. The minimum Gasteiger partial charge on any atom is -0.479 e. The van der Waals surface area contributed by atoms with Crippen LogP contribution in [0.3, 0.4) is 0 Å². The van der Waals surface area contributed by atoms with Crippen LogP contribution in [0.4, 0.5) is 5.69 Å². The summed E-state index contributed by atoms with van der Waals surface area (Å²) in [5.41, 5.74) is 6.38. The lowest BCUT2D eigenvalue weighted by Crippen LogP contribution is -2.35. The fraction of sp³-hybridized carbons (Fsp3) is 0.111. The minimum absolute atomic E-state index is 0.382. The van der Waals surface area contributed by atoms with Gasteiger partial charge in [0.2, 0.25) is 0 Å². The van der Waals surface area contributed by atoms with Crippen LogP contribution in [0.1, 0.15) is 10.4 Å². The van der Waals surface area contributed by atoms with Gasteiger partial charge in [0.1, 0.15) is 0 Å². The molecule has 0 radical (unpaired) electrons. The Morgan fingerprint density at radius 3 is 2.33 bits per heavy atom. The van der Waals surface area contributed by atoms with Gasteiger partial charge >= 0.3 is 5.97 Å². The Balaban J connectivity index is 2.69. The summed E-state index contributed by atoms with van der Waals surface area (Å²) in [7, 11) is 0. The number of anilines is 1. The van der Waals surface area contributed by atoms with Gasteiger partial charge in [-0.1, -0.05) is 0 Å². The number of amides is 1. The Morgan fingerprint density at radius 1 is 1.33 bits per heavy atom. The zero-order valence-electron chi connectivity index (χ0n) is 7.61. The van der Waals surface area contributed by atoms with Gasteiger partial charge < -0.3 is 16.2 Å². The van der Waals surface area contributed by atoms with Gasteiger partial charge in [-0.15, -0.1) is 0 Å². The summed E-state index contributed by atoms with van der Waals surface area (Å²) in [4.78, 5) is 21.9. The lowest BCUT2D eigenvalue weighted by Gasteiger charge is -2.07. The third-order valence-corrected chi connectivity index (χ3v) is 2.49. The molecule has 1 rings (SSSR count). The van der Waals surface area contributed by atoms with Gasteiger partial charge in [-0.3, -0.25) is 4.79 Å². The second kappa shape index (κ2) is 4.96. The number of halogens is 1. The van der Waals surface area contributed by atoms with Crippen LogP contribution in [-0.2, 0) is 4.79 Å². The molecule has 0 aliphatic carbocycles. The van der Waals surface area contributed by atoms with Crippen LogP contribution in [0.15, 0.2) is 24.3 Å². The fourth-order valence-electron chi connectivity index (χ4n) is 0.895. The van der Waals surface area contributed by atoms with E-state index in [4.69, 9.17) is 10.8 Å². The number of nitrogens with one attached hydrogen (secondary N) is 1. The monoisotopic (exact) mass is 320 g/mol. The van der Waals surface area contributed by atoms with Gasteiger partial charge in [-0.25, -0.2) is 4.79 Å². The molecule has 0 heterocycles. The summed E-state index contributed by atoms with van der Waals surface area (Å²) in [6.07, 6.45) is 0. The average molecular weight is 320 g/mol. The Hall–Kier alpha value is -1.31. The molecule has 0 aliphatic rings. The van der Waals surface area contributed by atoms with E-state index in [1.54, 1.807) is 34.7 Å². The maximum absolute atomic E-state index is 11.5. The zero-order chi connectivity index (χ0) is 11.4. The number of alkyl halides is 1. The molecular formula is C9H9IN2O3. The summed E-state index contributed by atoms with van der Waals surface area (Å²) in [6, 6.07) is 6.24. The number of benzene rings is 1. The van der Waals surface area contributed by atoms with Crippen molar-refractivity contribution in [1.82, 2.24) is 5.32 Å². The Morgan fingerprint density at radius 2 is 1.87 bits per heavy atom. The number of carboxylic acid groups (broad SMARTS) is 1. The van der Waals surface area contributed by atoms with Crippen LogP contribution in [0.2, 0.25) is 0 Å². The molecule has 15 heavy (non-hydrogen) atoms. The van der Waals surface area contributed by atoms with E-state index in [9.17, 15) is 9.59 Å². The number of carbonyl (C=O) groups excluding carboxylic acids is 1. The second-order valence-corrected chi connectivity index (χ2v) is 4.04. The van der Waals surface area contributed by atoms with Crippen molar-refractivity contribution in [2.45, 2.75) is 4.05 Å². The van der Waals surface area contributed by atoms with Gasteiger partial charge in [0.15, 0.2) is 4.05 Å². The lowest BCUT2D eigenvalue weighted by molar-refractivity contribution is -0.136. The Labute approximate surface area is 99.8 Å². The van der Waals surface area contributed by atoms with Crippen LogP contribution < -0.4 is 11.1 Å². The van der Waals surface area contributed by atoms with Crippen molar-refractivity contribution in [2.24, 2.45) is 0 Å². The fourth-order valence-corrected chi connectivity index (χ4v) is 1.18. The SMILES string of the molecule is Nc1ccc(C(=O)NC(I)C(=O)O)cc1. The normalized spacial score (nSPS) is 11.8. The number of hydrogen-bond acceptors (Lipinski definition) is 3. The molecule has 0 aliphatic heterocycles. The van der Waals surface area contributed by atoms with Gasteiger partial charge in [0.05, 0.1) is 0 Å². The van der Waals surface area contributed by atoms with Crippen LogP contribution in [0.25, 0.3) is 0 Å². The summed E-state index contributed by atoms with van der Waals surface area (Å²) in [5.74, 6) is -1.52. The number of hydrogen-bond donors (Lipinski definition) is 3. The zero-order valence-corrected chi connectivity index (χ0v) is 9.76. The molecule has 4 N–H and O–H groups in total. The van der Waals surface area contributed by atoms with Crippen LogP contribution in [0.5, 0.6) is 0 Å². The highest BCUT2D eigenvalue weighted by Gasteiger charge is 2.16. The first kappa shape index (κ1) is 11.8. The number of carboxylic acids is 1. The van der Waals surface area contributed by atoms with E-state index >= 15 is 0 Å². The highest BCUT2D eigenvalue weighted by atomic mass is 127. The average Bonchev–Trinajstić information content (AvgIpc) is 2.18. The van der Waals surface area contributed by atoms with Crippen molar-refractivity contribution in [3.8, 4) is 0 Å². The van der Waals surface area contributed by atoms with E-state index in [0.717, 1.165) is 0 Å². The van der Waals surface area contributed by atoms with E-state index in [0.29, 0.717) is 11.3 Å². The molecule has 5 nitrogen and oxygen atoms in total. The smallest absolute Gasteiger partial charge is 0.336 e. The first-order valence-corrected chi connectivity index (χ1v) is 5.28. The predicted octanol–water partition coefficient (Wildman–Crippen LogP) is 0.844. The third kappa shape index (κ3) is 3.39. The van der Waals surface area contributed by atoms with E-state index < -0.39 is 15.9 Å². The van der Waals surface area contributed by atoms with Gasteiger partial charge in [-0.05, 0) is 46.9 Å². The molecule has 1 unspecified atom stereocenters. The number of nitrogens with two attached hydrogens (primary N) is 1. The molecule has 0 saturated heterocycles. The summed E-state index contributed by atoms with van der Waals surface area (Å²) in [5, 5.41) is 10.9. The largest absolute Gasteiger partial charge is 0.479 e. The highest BCUT2D eigenvalue weighted by Crippen LogP contribution is 2.06. The topological polar surface area (TPSA) is 92.4 Å². The molecular weight excluding hydrogens is 311 g/mol. The molecule has 0 spiro atoms. The number of carbonyl (C=O) groups is 2. The van der Waals surface area contributed by atoms with E-state index in [-0.39, 0.29) is 0 Å². The lowest BCUT2D eigenvalue weighted by atomic mass is 10.2. The number of aliphatic carboxylic acids is 1. The molecule has 0 bridgehead atoms. The molecule has 0 saturated carbocycles. The van der Waals surface area contributed by atoms with Gasteiger partial charge in [-0.2, -0.15) is 0 Å². The third-order valence-electron chi connectivity index (χ3n) is 1.65. The maximum atomic E-state index is 11.5. The first-order valence-electron chi connectivity index (χ1n) is 4.04. The Kier molecular flexibility index (Phi) is 3.89. The number of nitrogen functional groups attached to an aromatic ring is 1. The van der Waals surface area contributed by atoms with Gasteiger partial charge in [0.25, 0.3) is 5.91 Å². The second-order valence-electron chi connectivity index (χ2n) is 2.80. The van der Waals surface area contributed by atoms with Crippen molar-refractivity contribution in [3.05, 3.63) is 29.8 Å². The van der Waals surface area contributed by atoms with Gasteiger partial charge in [0, 0.05) is 11.3 Å². The molecule has 80 valence electrons. The van der Waals surface area contributed by atoms with Crippen molar-refractivity contribution in [1.29, 1.82) is 0 Å². The molecule has 6 heteroatoms. The molecule has 0 fully saturated rings. The van der Waals surface area contributed by atoms with Crippen molar-refractivity contribution < 1.29 is 14.7 Å². The summed E-state index contributed by atoms with van der Waals surface area (Å²) >= 11 is 1.62. The van der Waals surface area contributed by atoms with Crippen molar-refractivity contribution >= 4 is 40.2 Å².